The number of carbonyl (C=O) groups is 1. The molecule has 0 spiro atoms. The van der Waals surface area contributed by atoms with Crippen molar-refractivity contribution in [3.05, 3.63) is 0 Å². The molecule has 104 valence electrons. The van der Waals surface area contributed by atoms with Gasteiger partial charge in [0.05, 0.1) is 24.7 Å². The van der Waals surface area contributed by atoms with Crippen LogP contribution in [0.5, 0.6) is 0 Å². The van der Waals surface area contributed by atoms with Crippen LogP contribution < -0.4 is 5.32 Å². The van der Waals surface area contributed by atoms with E-state index in [0.29, 0.717) is 18.6 Å². The van der Waals surface area contributed by atoms with Gasteiger partial charge in [-0.2, -0.15) is 0 Å². The summed E-state index contributed by atoms with van der Waals surface area (Å²) in [4.78, 5) is 14.8. The van der Waals surface area contributed by atoms with E-state index in [0.717, 1.165) is 32.4 Å². The van der Waals surface area contributed by atoms with Crippen molar-refractivity contribution in [2.24, 2.45) is 5.92 Å². The summed E-state index contributed by atoms with van der Waals surface area (Å²) in [6, 6.07) is 0.574. The van der Waals surface area contributed by atoms with Gasteiger partial charge in [-0.1, -0.05) is 6.92 Å². The van der Waals surface area contributed by atoms with Crippen molar-refractivity contribution >= 4 is 5.91 Å². The van der Waals surface area contributed by atoms with Crippen molar-refractivity contribution in [3.8, 4) is 0 Å². The van der Waals surface area contributed by atoms with Crippen LogP contribution in [0.15, 0.2) is 0 Å². The lowest BCUT2D eigenvalue weighted by Crippen LogP contribution is -2.56. The zero-order valence-corrected chi connectivity index (χ0v) is 11.8. The largest absolute Gasteiger partial charge is 0.375 e. The molecule has 0 bridgehead atoms. The Morgan fingerprint density at radius 3 is 2.89 bits per heavy atom. The van der Waals surface area contributed by atoms with Crippen molar-refractivity contribution < 1.29 is 9.53 Å². The Bertz CT molecular complexity index is 296. The molecular formula is C14H26N2O2. The van der Waals surface area contributed by atoms with Crippen LogP contribution in [-0.2, 0) is 9.53 Å². The summed E-state index contributed by atoms with van der Waals surface area (Å²) in [5, 5.41) is 3.42. The number of rotatable bonds is 2. The smallest absolute Gasteiger partial charge is 0.227 e. The van der Waals surface area contributed by atoms with E-state index >= 15 is 0 Å². The summed E-state index contributed by atoms with van der Waals surface area (Å²) in [5.74, 6) is 0.481. The normalized spacial score (nSPS) is 37.6. The first-order valence-corrected chi connectivity index (χ1v) is 7.29. The third-order valence-corrected chi connectivity index (χ3v) is 4.30. The van der Waals surface area contributed by atoms with Gasteiger partial charge in [-0.3, -0.25) is 4.79 Å². The minimum atomic E-state index is 0.151. The number of carbonyl (C=O) groups excluding carboxylic acids is 1. The van der Waals surface area contributed by atoms with E-state index in [4.69, 9.17) is 4.74 Å². The summed E-state index contributed by atoms with van der Waals surface area (Å²) in [6.45, 7) is 8.80. The van der Waals surface area contributed by atoms with E-state index in [1.54, 1.807) is 0 Å². The minimum Gasteiger partial charge on any atom is -0.375 e. The molecule has 0 saturated carbocycles. The fraction of sp³-hybridized carbons (Fsp3) is 0.929. The summed E-state index contributed by atoms with van der Waals surface area (Å²) in [5.41, 5.74) is 0. The zero-order chi connectivity index (χ0) is 13.1. The van der Waals surface area contributed by atoms with Crippen LogP contribution in [0, 0.1) is 5.92 Å². The van der Waals surface area contributed by atoms with Crippen molar-refractivity contribution in [1.82, 2.24) is 10.2 Å². The number of piperidine rings is 1. The first-order chi connectivity index (χ1) is 8.63. The molecule has 2 saturated heterocycles. The molecular weight excluding hydrogens is 228 g/mol. The van der Waals surface area contributed by atoms with Crippen LogP contribution in [0.2, 0.25) is 0 Å². The Hall–Kier alpha value is -0.610. The van der Waals surface area contributed by atoms with Gasteiger partial charge in [0, 0.05) is 12.6 Å². The third-order valence-electron chi connectivity index (χ3n) is 4.30. The molecule has 2 aliphatic heterocycles. The lowest BCUT2D eigenvalue weighted by Gasteiger charge is -2.42. The number of amides is 1. The standard InChI is InChI=1S/C14H26N2O2/c1-4-12-9-18-10(2)8-16(12)14(17)13-6-5-7-15-11(13)3/h10-13,15H,4-9H2,1-3H3. The molecule has 1 amide bonds. The van der Waals surface area contributed by atoms with E-state index in [1.807, 2.05) is 0 Å². The number of nitrogens with zero attached hydrogens (tertiary/aromatic N) is 1. The van der Waals surface area contributed by atoms with E-state index in [-0.39, 0.29) is 18.1 Å². The summed E-state index contributed by atoms with van der Waals surface area (Å²) in [7, 11) is 0. The maximum Gasteiger partial charge on any atom is 0.227 e. The van der Waals surface area contributed by atoms with E-state index < -0.39 is 0 Å². The Morgan fingerprint density at radius 2 is 2.22 bits per heavy atom. The number of nitrogens with one attached hydrogen (secondary N) is 1. The van der Waals surface area contributed by atoms with Gasteiger partial charge in [0.15, 0.2) is 0 Å². The summed E-state index contributed by atoms with van der Waals surface area (Å²) >= 11 is 0. The second-order valence-corrected chi connectivity index (χ2v) is 5.69. The van der Waals surface area contributed by atoms with Crippen molar-refractivity contribution in [2.45, 2.75) is 58.2 Å². The first-order valence-electron chi connectivity index (χ1n) is 7.29. The highest BCUT2D eigenvalue weighted by Gasteiger charge is 2.36. The van der Waals surface area contributed by atoms with Gasteiger partial charge in [0.2, 0.25) is 5.91 Å². The molecule has 2 heterocycles. The number of hydrogen-bond acceptors (Lipinski definition) is 3. The molecule has 2 aliphatic rings. The first kappa shape index (κ1) is 13.8. The van der Waals surface area contributed by atoms with E-state index in [1.165, 1.54) is 0 Å². The van der Waals surface area contributed by atoms with Gasteiger partial charge in [0.25, 0.3) is 0 Å². The van der Waals surface area contributed by atoms with Gasteiger partial charge in [-0.05, 0) is 39.7 Å². The molecule has 0 aromatic carbocycles. The van der Waals surface area contributed by atoms with Crippen molar-refractivity contribution in [1.29, 1.82) is 0 Å². The molecule has 4 heteroatoms. The SMILES string of the molecule is CCC1COC(C)CN1C(=O)C1CCCNC1C. The number of hydrogen-bond donors (Lipinski definition) is 1. The topological polar surface area (TPSA) is 41.6 Å². The molecule has 0 aromatic rings. The second-order valence-electron chi connectivity index (χ2n) is 5.69. The third kappa shape index (κ3) is 2.86. The fourth-order valence-corrected chi connectivity index (χ4v) is 3.05. The van der Waals surface area contributed by atoms with Gasteiger partial charge in [0.1, 0.15) is 0 Å². The fourth-order valence-electron chi connectivity index (χ4n) is 3.05. The highest BCUT2D eigenvalue weighted by molar-refractivity contribution is 5.80. The van der Waals surface area contributed by atoms with Crippen LogP contribution in [0.4, 0.5) is 0 Å². The maximum absolute atomic E-state index is 12.7. The Morgan fingerprint density at radius 1 is 1.44 bits per heavy atom. The average molecular weight is 254 g/mol. The van der Waals surface area contributed by atoms with Gasteiger partial charge < -0.3 is 15.0 Å². The molecule has 2 rings (SSSR count). The molecule has 18 heavy (non-hydrogen) atoms. The van der Waals surface area contributed by atoms with Crippen LogP contribution in [0.3, 0.4) is 0 Å². The predicted octanol–water partition coefficient (Wildman–Crippen LogP) is 1.40. The van der Waals surface area contributed by atoms with Crippen LogP contribution in [-0.4, -0.2) is 48.7 Å². The molecule has 2 fully saturated rings. The molecule has 4 nitrogen and oxygen atoms in total. The van der Waals surface area contributed by atoms with Crippen molar-refractivity contribution in [3.63, 3.8) is 0 Å². The molecule has 1 N–H and O–H groups in total. The molecule has 0 radical (unpaired) electrons. The quantitative estimate of drug-likeness (QED) is 0.810. The Balaban J connectivity index is 2.04. The van der Waals surface area contributed by atoms with Crippen molar-refractivity contribution in [2.75, 3.05) is 19.7 Å². The summed E-state index contributed by atoms with van der Waals surface area (Å²) in [6.07, 6.45) is 3.28. The van der Waals surface area contributed by atoms with Crippen LogP contribution in [0.1, 0.15) is 40.0 Å². The number of ether oxygens (including phenoxy) is 1. The second kappa shape index (κ2) is 6.02. The molecule has 4 unspecified atom stereocenters. The summed E-state index contributed by atoms with van der Waals surface area (Å²) < 4.78 is 5.67. The highest BCUT2D eigenvalue weighted by atomic mass is 16.5. The molecule has 4 atom stereocenters. The average Bonchev–Trinajstić information content (AvgIpc) is 2.38. The molecule has 0 aromatic heterocycles. The Labute approximate surface area is 110 Å². The minimum absolute atomic E-state index is 0.151. The van der Waals surface area contributed by atoms with E-state index in [2.05, 4.69) is 31.0 Å². The Kier molecular flexibility index (Phi) is 4.62. The maximum atomic E-state index is 12.7. The lowest BCUT2D eigenvalue weighted by molar-refractivity contribution is -0.150. The predicted molar refractivity (Wildman–Crippen MR) is 71.4 cm³/mol. The number of morpholine rings is 1. The van der Waals surface area contributed by atoms with Crippen LogP contribution >= 0.6 is 0 Å². The van der Waals surface area contributed by atoms with Gasteiger partial charge in [-0.15, -0.1) is 0 Å². The van der Waals surface area contributed by atoms with Gasteiger partial charge in [-0.25, -0.2) is 0 Å². The monoisotopic (exact) mass is 254 g/mol. The van der Waals surface area contributed by atoms with Gasteiger partial charge >= 0.3 is 0 Å². The van der Waals surface area contributed by atoms with Crippen LogP contribution in [0.25, 0.3) is 0 Å². The molecule has 0 aliphatic carbocycles. The zero-order valence-electron chi connectivity index (χ0n) is 11.8. The van der Waals surface area contributed by atoms with E-state index in [9.17, 15) is 4.79 Å². The lowest BCUT2D eigenvalue weighted by atomic mass is 9.89. The highest BCUT2D eigenvalue weighted by Crippen LogP contribution is 2.23.